The summed E-state index contributed by atoms with van der Waals surface area (Å²) in [4.78, 5) is 39.1. The number of nitrogens with one attached hydrogen (secondary N) is 1. The van der Waals surface area contributed by atoms with E-state index in [2.05, 4.69) is 20.3 Å². The molecule has 30 heavy (non-hydrogen) atoms. The first-order valence-corrected chi connectivity index (χ1v) is 10.0. The normalized spacial score (nSPS) is 14.3. The van der Waals surface area contributed by atoms with Crippen molar-refractivity contribution >= 4 is 11.8 Å². The van der Waals surface area contributed by atoms with Gasteiger partial charge in [-0.05, 0) is 42.7 Å². The van der Waals surface area contributed by atoms with Crippen LogP contribution in [0.5, 0.6) is 0 Å². The molecule has 3 heterocycles. The number of likely N-dealkylation sites (tertiary alicyclic amines) is 1. The van der Waals surface area contributed by atoms with E-state index in [4.69, 9.17) is 0 Å². The Kier molecular flexibility index (Phi) is 6.08. The van der Waals surface area contributed by atoms with Gasteiger partial charge in [0.15, 0.2) is 0 Å². The number of piperidine rings is 1. The van der Waals surface area contributed by atoms with Crippen LogP contribution in [0.25, 0.3) is 11.1 Å². The van der Waals surface area contributed by atoms with Gasteiger partial charge in [0.1, 0.15) is 6.33 Å². The van der Waals surface area contributed by atoms with Gasteiger partial charge in [-0.15, -0.1) is 0 Å². The van der Waals surface area contributed by atoms with Crippen LogP contribution >= 0.6 is 0 Å². The smallest absolute Gasteiger partial charge is 0.253 e. The molecule has 2 amide bonds. The van der Waals surface area contributed by atoms with E-state index >= 15 is 0 Å². The topological polar surface area (TPSA) is 88.1 Å². The molecule has 1 aromatic carbocycles. The van der Waals surface area contributed by atoms with Crippen molar-refractivity contribution in [2.45, 2.75) is 25.3 Å². The SMILES string of the molecule is O=C(Cc1ccccn1)NC1CCN(C(=O)c2ccc(-c3cncnc3)cc2)CC1. The van der Waals surface area contributed by atoms with E-state index in [0.717, 1.165) is 29.7 Å². The molecule has 0 bridgehead atoms. The molecule has 7 heteroatoms. The zero-order chi connectivity index (χ0) is 20.8. The van der Waals surface area contributed by atoms with Gasteiger partial charge in [0.05, 0.1) is 6.42 Å². The quantitative estimate of drug-likeness (QED) is 0.710. The lowest BCUT2D eigenvalue weighted by Gasteiger charge is -2.32. The molecule has 1 aliphatic rings. The van der Waals surface area contributed by atoms with Gasteiger partial charge in [0.2, 0.25) is 5.91 Å². The number of pyridine rings is 1. The molecule has 1 saturated heterocycles. The van der Waals surface area contributed by atoms with Crippen molar-refractivity contribution in [2.24, 2.45) is 0 Å². The van der Waals surface area contributed by atoms with Crippen LogP contribution in [0.4, 0.5) is 0 Å². The summed E-state index contributed by atoms with van der Waals surface area (Å²) < 4.78 is 0. The largest absolute Gasteiger partial charge is 0.353 e. The third-order valence-corrected chi connectivity index (χ3v) is 5.24. The van der Waals surface area contributed by atoms with Gasteiger partial charge in [-0.1, -0.05) is 18.2 Å². The predicted molar refractivity (Wildman–Crippen MR) is 112 cm³/mol. The lowest BCUT2D eigenvalue weighted by Crippen LogP contribution is -2.46. The van der Waals surface area contributed by atoms with Crippen LogP contribution in [0.15, 0.2) is 67.4 Å². The maximum atomic E-state index is 12.8. The van der Waals surface area contributed by atoms with E-state index in [-0.39, 0.29) is 24.3 Å². The highest BCUT2D eigenvalue weighted by Gasteiger charge is 2.24. The van der Waals surface area contributed by atoms with Crippen molar-refractivity contribution in [1.82, 2.24) is 25.2 Å². The van der Waals surface area contributed by atoms with E-state index in [1.807, 2.05) is 47.4 Å². The van der Waals surface area contributed by atoms with E-state index in [0.29, 0.717) is 18.7 Å². The number of benzene rings is 1. The summed E-state index contributed by atoms with van der Waals surface area (Å²) in [5.41, 5.74) is 3.31. The first kappa shape index (κ1) is 19.7. The minimum absolute atomic E-state index is 0.0177. The van der Waals surface area contributed by atoms with Crippen LogP contribution in [0.2, 0.25) is 0 Å². The average Bonchev–Trinajstić information content (AvgIpc) is 2.80. The van der Waals surface area contributed by atoms with Gasteiger partial charge in [-0.2, -0.15) is 0 Å². The third-order valence-electron chi connectivity index (χ3n) is 5.24. The summed E-state index contributed by atoms with van der Waals surface area (Å²) in [7, 11) is 0. The monoisotopic (exact) mass is 401 g/mol. The summed E-state index contributed by atoms with van der Waals surface area (Å²) in [6.45, 7) is 1.25. The second kappa shape index (κ2) is 9.26. The first-order chi connectivity index (χ1) is 14.7. The van der Waals surface area contributed by atoms with Gasteiger partial charge in [-0.3, -0.25) is 14.6 Å². The second-order valence-electron chi connectivity index (χ2n) is 7.34. The number of rotatable bonds is 5. The molecule has 0 aliphatic carbocycles. The lowest BCUT2D eigenvalue weighted by molar-refractivity contribution is -0.121. The van der Waals surface area contributed by atoms with Gasteiger partial charge in [0.25, 0.3) is 5.91 Å². The van der Waals surface area contributed by atoms with E-state index in [9.17, 15) is 9.59 Å². The summed E-state index contributed by atoms with van der Waals surface area (Å²) in [6, 6.07) is 13.1. The maximum Gasteiger partial charge on any atom is 0.253 e. The van der Waals surface area contributed by atoms with Crippen LogP contribution in [0, 0.1) is 0 Å². The zero-order valence-electron chi connectivity index (χ0n) is 16.6. The van der Waals surface area contributed by atoms with Crippen molar-refractivity contribution in [1.29, 1.82) is 0 Å². The number of carbonyl (C=O) groups is 2. The van der Waals surface area contributed by atoms with E-state index in [1.165, 1.54) is 6.33 Å². The molecule has 2 aromatic heterocycles. The fourth-order valence-corrected chi connectivity index (χ4v) is 3.61. The minimum Gasteiger partial charge on any atom is -0.353 e. The third kappa shape index (κ3) is 4.86. The highest BCUT2D eigenvalue weighted by atomic mass is 16.2. The highest BCUT2D eigenvalue weighted by molar-refractivity contribution is 5.94. The Bertz CT molecular complexity index is 985. The molecule has 1 N–H and O–H groups in total. The number of carbonyl (C=O) groups excluding carboxylic acids is 2. The van der Waals surface area contributed by atoms with Crippen LogP contribution in [-0.4, -0.2) is 50.8 Å². The summed E-state index contributed by atoms with van der Waals surface area (Å²) in [5, 5.41) is 3.06. The molecule has 0 saturated carbocycles. The standard InChI is InChI=1S/C23H23N5O2/c29-22(13-21-3-1-2-10-26-21)27-20-8-11-28(12-9-20)23(30)18-6-4-17(5-7-18)19-14-24-16-25-15-19/h1-7,10,14-16,20H,8-9,11-13H2,(H,27,29). The molecule has 152 valence electrons. The highest BCUT2D eigenvalue weighted by Crippen LogP contribution is 2.20. The number of amides is 2. The molecule has 3 aromatic rings. The molecule has 4 rings (SSSR count). The molecule has 0 atom stereocenters. The van der Waals surface area contributed by atoms with Crippen LogP contribution in [-0.2, 0) is 11.2 Å². The molecule has 7 nitrogen and oxygen atoms in total. The van der Waals surface area contributed by atoms with Crippen molar-refractivity contribution in [3.8, 4) is 11.1 Å². The molecule has 1 aliphatic heterocycles. The van der Waals surface area contributed by atoms with Crippen molar-refractivity contribution in [3.63, 3.8) is 0 Å². The Balaban J connectivity index is 1.28. The first-order valence-electron chi connectivity index (χ1n) is 10.0. The number of hydrogen-bond acceptors (Lipinski definition) is 5. The lowest BCUT2D eigenvalue weighted by atomic mass is 10.0. The van der Waals surface area contributed by atoms with Crippen molar-refractivity contribution in [3.05, 3.63) is 78.6 Å². The Morgan fingerprint density at radius 2 is 1.70 bits per heavy atom. The minimum atomic E-state index is -0.0287. The van der Waals surface area contributed by atoms with Gasteiger partial charge in [0, 0.05) is 54.5 Å². The summed E-state index contributed by atoms with van der Waals surface area (Å²) in [6.07, 6.45) is 8.45. The van der Waals surface area contributed by atoms with Crippen LogP contribution in [0.1, 0.15) is 28.9 Å². The van der Waals surface area contributed by atoms with Crippen molar-refractivity contribution < 1.29 is 9.59 Å². The maximum absolute atomic E-state index is 12.8. The van der Waals surface area contributed by atoms with Crippen LogP contribution < -0.4 is 5.32 Å². The Labute approximate surface area is 175 Å². The molecule has 0 radical (unpaired) electrons. The van der Waals surface area contributed by atoms with Crippen molar-refractivity contribution in [2.75, 3.05) is 13.1 Å². The molecule has 0 unspecified atom stereocenters. The van der Waals surface area contributed by atoms with E-state index < -0.39 is 0 Å². The predicted octanol–water partition coefficient (Wildman–Crippen LogP) is 2.50. The van der Waals surface area contributed by atoms with Crippen LogP contribution in [0.3, 0.4) is 0 Å². The second-order valence-corrected chi connectivity index (χ2v) is 7.34. The Morgan fingerprint density at radius 3 is 2.37 bits per heavy atom. The van der Waals surface area contributed by atoms with E-state index in [1.54, 1.807) is 18.6 Å². The zero-order valence-corrected chi connectivity index (χ0v) is 16.6. The Morgan fingerprint density at radius 1 is 0.967 bits per heavy atom. The Hall–Kier alpha value is -3.61. The number of aromatic nitrogens is 3. The summed E-state index contributed by atoms with van der Waals surface area (Å²) >= 11 is 0. The number of nitrogens with zero attached hydrogens (tertiary/aromatic N) is 4. The van der Waals surface area contributed by atoms with Gasteiger partial charge < -0.3 is 10.2 Å². The van der Waals surface area contributed by atoms with Gasteiger partial charge in [-0.25, -0.2) is 9.97 Å². The number of hydrogen-bond donors (Lipinski definition) is 1. The molecule has 0 spiro atoms. The fourth-order valence-electron chi connectivity index (χ4n) is 3.61. The summed E-state index contributed by atoms with van der Waals surface area (Å²) in [5.74, 6) is -0.0110. The molecule has 1 fully saturated rings. The molecular weight excluding hydrogens is 378 g/mol. The average molecular weight is 401 g/mol. The van der Waals surface area contributed by atoms with Gasteiger partial charge >= 0.3 is 0 Å². The molecular formula is C23H23N5O2. The fraction of sp³-hybridized carbons (Fsp3) is 0.261.